The second-order valence-corrected chi connectivity index (χ2v) is 4.49. The molecule has 1 heterocycles. The van der Waals surface area contributed by atoms with Crippen molar-refractivity contribution in [2.45, 2.75) is 26.9 Å². The molecule has 19 heavy (non-hydrogen) atoms. The number of nitrogens with one attached hydrogen (secondary N) is 2. The first-order valence-electron chi connectivity index (χ1n) is 6.26. The summed E-state index contributed by atoms with van der Waals surface area (Å²) in [6.45, 7) is 4.91. The van der Waals surface area contributed by atoms with Crippen molar-refractivity contribution in [3.8, 4) is 0 Å². The lowest BCUT2D eigenvalue weighted by Crippen LogP contribution is -2.12. The van der Waals surface area contributed by atoms with E-state index in [1.807, 2.05) is 43.3 Å². The fraction of sp³-hybridized carbons (Fsp3) is 0.267. The molecule has 2 rings (SSSR count). The van der Waals surface area contributed by atoms with Crippen molar-refractivity contribution in [3.05, 3.63) is 53.5 Å². The first-order valence-corrected chi connectivity index (χ1v) is 6.26. The van der Waals surface area contributed by atoms with Gasteiger partial charge in [0.25, 0.3) is 0 Å². The number of rotatable bonds is 5. The lowest BCUT2D eigenvalue weighted by Gasteiger charge is -2.05. The molecule has 0 atom stereocenters. The molecule has 4 heteroatoms. The van der Waals surface area contributed by atoms with Crippen LogP contribution in [0.4, 0.5) is 5.69 Å². The van der Waals surface area contributed by atoms with E-state index in [4.69, 9.17) is 4.42 Å². The highest BCUT2D eigenvalue weighted by molar-refractivity contribution is 5.88. The number of aryl methyl sites for hydroxylation is 1. The second-order valence-electron chi connectivity index (χ2n) is 4.49. The van der Waals surface area contributed by atoms with E-state index in [0.717, 1.165) is 29.3 Å². The Bertz CT molecular complexity index is 544. The van der Waals surface area contributed by atoms with E-state index in [9.17, 15) is 4.79 Å². The van der Waals surface area contributed by atoms with Gasteiger partial charge in [-0.2, -0.15) is 0 Å². The smallest absolute Gasteiger partial charge is 0.221 e. The number of amides is 1. The summed E-state index contributed by atoms with van der Waals surface area (Å²) in [5, 5.41) is 6.05. The van der Waals surface area contributed by atoms with Crippen LogP contribution in [0.3, 0.4) is 0 Å². The zero-order valence-electron chi connectivity index (χ0n) is 11.2. The molecule has 2 N–H and O–H groups in total. The van der Waals surface area contributed by atoms with Crippen molar-refractivity contribution < 1.29 is 9.21 Å². The van der Waals surface area contributed by atoms with Crippen molar-refractivity contribution >= 4 is 11.6 Å². The molecule has 4 nitrogen and oxygen atoms in total. The van der Waals surface area contributed by atoms with E-state index in [0.29, 0.717) is 6.54 Å². The standard InChI is InChI=1S/C15H18N2O2/c1-11-3-8-15(19-11)10-16-9-13-4-6-14(7-5-13)17-12(2)18/h3-8,16H,9-10H2,1-2H3,(H,17,18). The molecule has 0 aliphatic heterocycles. The van der Waals surface area contributed by atoms with Crippen molar-refractivity contribution in [2.24, 2.45) is 0 Å². The fourth-order valence-corrected chi connectivity index (χ4v) is 1.82. The third kappa shape index (κ3) is 4.26. The maximum Gasteiger partial charge on any atom is 0.221 e. The minimum absolute atomic E-state index is 0.0564. The zero-order valence-corrected chi connectivity index (χ0v) is 11.2. The van der Waals surface area contributed by atoms with Gasteiger partial charge in [-0.25, -0.2) is 0 Å². The SMILES string of the molecule is CC(=O)Nc1ccc(CNCc2ccc(C)o2)cc1. The minimum Gasteiger partial charge on any atom is -0.465 e. The number of anilines is 1. The Labute approximate surface area is 112 Å². The number of hydrogen-bond donors (Lipinski definition) is 2. The third-order valence-corrected chi connectivity index (χ3v) is 2.70. The Morgan fingerprint density at radius 3 is 2.42 bits per heavy atom. The number of carbonyl (C=O) groups is 1. The van der Waals surface area contributed by atoms with E-state index < -0.39 is 0 Å². The highest BCUT2D eigenvalue weighted by Crippen LogP contribution is 2.10. The number of carbonyl (C=O) groups excluding carboxylic acids is 1. The van der Waals surface area contributed by atoms with E-state index in [1.165, 1.54) is 6.92 Å². The molecule has 0 aliphatic carbocycles. The van der Waals surface area contributed by atoms with Gasteiger partial charge in [0.1, 0.15) is 11.5 Å². The summed E-state index contributed by atoms with van der Waals surface area (Å²) < 4.78 is 5.47. The molecular weight excluding hydrogens is 240 g/mol. The van der Waals surface area contributed by atoms with Gasteiger partial charge in [0.15, 0.2) is 0 Å². The number of hydrogen-bond acceptors (Lipinski definition) is 3. The van der Waals surface area contributed by atoms with Crippen LogP contribution in [-0.4, -0.2) is 5.91 Å². The van der Waals surface area contributed by atoms with Crippen LogP contribution in [0.15, 0.2) is 40.8 Å². The lowest BCUT2D eigenvalue weighted by molar-refractivity contribution is -0.114. The van der Waals surface area contributed by atoms with Crippen molar-refractivity contribution in [2.75, 3.05) is 5.32 Å². The molecule has 0 aliphatic rings. The van der Waals surface area contributed by atoms with Crippen molar-refractivity contribution in [3.63, 3.8) is 0 Å². The summed E-state index contributed by atoms with van der Waals surface area (Å²) in [5.74, 6) is 1.81. The lowest BCUT2D eigenvalue weighted by atomic mass is 10.2. The summed E-state index contributed by atoms with van der Waals surface area (Å²) in [4.78, 5) is 10.9. The van der Waals surface area contributed by atoms with Crippen LogP contribution in [0.25, 0.3) is 0 Å². The number of furan rings is 1. The normalized spacial score (nSPS) is 10.4. The molecule has 0 saturated heterocycles. The third-order valence-electron chi connectivity index (χ3n) is 2.70. The van der Waals surface area contributed by atoms with Gasteiger partial charge in [-0.3, -0.25) is 4.79 Å². The van der Waals surface area contributed by atoms with Gasteiger partial charge >= 0.3 is 0 Å². The van der Waals surface area contributed by atoms with Crippen LogP contribution in [0, 0.1) is 6.92 Å². The Morgan fingerprint density at radius 1 is 1.11 bits per heavy atom. The van der Waals surface area contributed by atoms with Crippen LogP contribution in [-0.2, 0) is 17.9 Å². The first-order chi connectivity index (χ1) is 9.13. The van der Waals surface area contributed by atoms with Gasteiger partial charge in [0, 0.05) is 19.2 Å². The quantitative estimate of drug-likeness (QED) is 0.867. The van der Waals surface area contributed by atoms with Gasteiger partial charge in [0.05, 0.1) is 6.54 Å². The molecule has 0 saturated carbocycles. The fourth-order valence-electron chi connectivity index (χ4n) is 1.82. The highest BCUT2D eigenvalue weighted by atomic mass is 16.3. The molecule has 0 radical (unpaired) electrons. The van der Waals surface area contributed by atoms with Crippen molar-refractivity contribution in [1.82, 2.24) is 5.32 Å². The van der Waals surface area contributed by atoms with E-state index in [-0.39, 0.29) is 5.91 Å². The average Bonchev–Trinajstić information content (AvgIpc) is 2.77. The van der Waals surface area contributed by atoms with Gasteiger partial charge in [0.2, 0.25) is 5.91 Å². The van der Waals surface area contributed by atoms with E-state index in [1.54, 1.807) is 0 Å². The van der Waals surface area contributed by atoms with Crippen LogP contribution in [0.1, 0.15) is 24.0 Å². The average molecular weight is 258 g/mol. The van der Waals surface area contributed by atoms with Crippen LogP contribution >= 0.6 is 0 Å². The maximum absolute atomic E-state index is 10.9. The minimum atomic E-state index is -0.0564. The highest BCUT2D eigenvalue weighted by Gasteiger charge is 1.99. The maximum atomic E-state index is 10.9. The summed E-state index contributed by atoms with van der Waals surface area (Å²) >= 11 is 0. The second kappa shape index (κ2) is 6.20. The molecule has 0 bridgehead atoms. The van der Waals surface area contributed by atoms with E-state index in [2.05, 4.69) is 10.6 Å². The van der Waals surface area contributed by atoms with Crippen LogP contribution in [0.2, 0.25) is 0 Å². The molecule has 0 spiro atoms. The summed E-state index contributed by atoms with van der Waals surface area (Å²) in [7, 11) is 0. The molecule has 1 aromatic heterocycles. The van der Waals surface area contributed by atoms with Gasteiger partial charge < -0.3 is 15.1 Å². The van der Waals surface area contributed by atoms with Crippen LogP contribution < -0.4 is 10.6 Å². The Balaban J connectivity index is 1.81. The summed E-state index contributed by atoms with van der Waals surface area (Å²) in [5.41, 5.74) is 1.98. The Hall–Kier alpha value is -2.07. The first kappa shape index (κ1) is 13.4. The molecule has 1 amide bonds. The summed E-state index contributed by atoms with van der Waals surface area (Å²) in [6.07, 6.45) is 0. The van der Waals surface area contributed by atoms with Gasteiger partial charge in [-0.05, 0) is 36.8 Å². The van der Waals surface area contributed by atoms with E-state index >= 15 is 0 Å². The largest absolute Gasteiger partial charge is 0.465 e. The Kier molecular flexibility index (Phi) is 4.36. The molecular formula is C15H18N2O2. The number of benzene rings is 1. The zero-order chi connectivity index (χ0) is 13.7. The van der Waals surface area contributed by atoms with Crippen LogP contribution in [0.5, 0.6) is 0 Å². The predicted molar refractivity (Wildman–Crippen MR) is 74.7 cm³/mol. The predicted octanol–water partition coefficient (Wildman–Crippen LogP) is 2.84. The monoisotopic (exact) mass is 258 g/mol. The molecule has 0 fully saturated rings. The summed E-state index contributed by atoms with van der Waals surface area (Å²) in [6, 6.07) is 11.7. The Morgan fingerprint density at radius 2 is 1.84 bits per heavy atom. The molecule has 2 aromatic rings. The van der Waals surface area contributed by atoms with Crippen molar-refractivity contribution in [1.29, 1.82) is 0 Å². The molecule has 100 valence electrons. The topological polar surface area (TPSA) is 54.3 Å². The van der Waals surface area contributed by atoms with Gasteiger partial charge in [-0.1, -0.05) is 12.1 Å². The van der Waals surface area contributed by atoms with Gasteiger partial charge in [-0.15, -0.1) is 0 Å². The molecule has 1 aromatic carbocycles. The molecule has 0 unspecified atom stereocenters.